The molecule has 2 heterocycles. The molecule has 4 aromatic rings. The Kier molecular flexibility index (Phi) is 2.11. The Morgan fingerprint density at radius 2 is 1.32 bits per heavy atom. The molecule has 0 aliphatic heterocycles. The first-order valence-corrected chi connectivity index (χ1v) is 6.30. The standard InChI is InChI=1S/C15H8O7/c1-4-2-5-8-9-6(15(20)21-12(8)10(4)17)3-7(16)11(18)13(9)22-14(5)19/h2-3,16-18H,1H3. The summed E-state index contributed by atoms with van der Waals surface area (Å²) in [6.07, 6.45) is 0. The first-order valence-electron chi connectivity index (χ1n) is 6.30. The fourth-order valence-electron chi connectivity index (χ4n) is 2.72. The van der Waals surface area contributed by atoms with Crippen molar-refractivity contribution in [2.75, 3.05) is 0 Å². The van der Waals surface area contributed by atoms with E-state index in [0.717, 1.165) is 6.07 Å². The van der Waals surface area contributed by atoms with Crippen LogP contribution in [0, 0.1) is 6.92 Å². The lowest BCUT2D eigenvalue weighted by Crippen LogP contribution is -2.07. The second-order valence-electron chi connectivity index (χ2n) is 5.07. The highest BCUT2D eigenvalue weighted by Gasteiger charge is 2.24. The van der Waals surface area contributed by atoms with Gasteiger partial charge >= 0.3 is 11.3 Å². The summed E-state index contributed by atoms with van der Waals surface area (Å²) < 4.78 is 10.1. The van der Waals surface area contributed by atoms with Gasteiger partial charge in [0.2, 0.25) is 5.75 Å². The lowest BCUT2D eigenvalue weighted by Gasteiger charge is -2.11. The highest BCUT2D eigenvalue weighted by Crippen LogP contribution is 2.42. The van der Waals surface area contributed by atoms with E-state index in [-0.39, 0.29) is 38.5 Å². The third-order valence-electron chi connectivity index (χ3n) is 3.76. The first-order chi connectivity index (χ1) is 10.4. The minimum Gasteiger partial charge on any atom is -0.504 e. The van der Waals surface area contributed by atoms with Crippen LogP contribution < -0.4 is 11.3 Å². The summed E-state index contributed by atoms with van der Waals surface area (Å²) in [5.41, 5.74) is -1.75. The van der Waals surface area contributed by atoms with Crippen LogP contribution in [-0.2, 0) is 0 Å². The molecule has 0 atom stereocenters. The Hall–Kier alpha value is -3.22. The number of phenolic OH excluding ortho intramolecular Hbond substituents is 3. The number of phenols is 3. The predicted molar refractivity (Wildman–Crippen MR) is 76.9 cm³/mol. The van der Waals surface area contributed by atoms with Crippen molar-refractivity contribution in [3.63, 3.8) is 0 Å². The van der Waals surface area contributed by atoms with Gasteiger partial charge in [0.1, 0.15) is 0 Å². The molecule has 0 aliphatic carbocycles. The molecule has 0 fully saturated rings. The fourth-order valence-corrected chi connectivity index (χ4v) is 2.72. The van der Waals surface area contributed by atoms with Gasteiger partial charge in [-0.3, -0.25) is 0 Å². The Bertz CT molecular complexity index is 1100. The van der Waals surface area contributed by atoms with E-state index in [1.165, 1.54) is 6.07 Å². The summed E-state index contributed by atoms with van der Waals surface area (Å²) in [5, 5.41) is 30.0. The molecular weight excluding hydrogens is 292 g/mol. The van der Waals surface area contributed by atoms with Crippen molar-refractivity contribution in [1.82, 2.24) is 0 Å². The molecule has 4 rings (SSSR count). The number of aromatic hydroxyl groups is 3. The summed E-state index contributed by atoms with van der Waals surface area (Å²) in [6.45, 7) is 1.55. The number of hydrogen-bond acceptors (Lipinski definition) is 7. The normalized spacial score (nSPS) is 11.9. The van der Waals surface area contributed by atoms with Crippen LogP contribution in [-0.4, -0.2) is 15.3 Å². The molecule has 0 aliphatic rings. The number of benzene rings is 2. The molecule has 7 nitrogen and oxygen atoms in total. The Labute approximate surface area is 120 Å². The molecule has 3 N–H and O–H groups in total. The molecule has 0 unspecified atom stereocenters. The lowest BCUT2D eigenvalue weighted by atomic mass is 10.0. The molecule has 7 heteroatoms. The maximum absolute atomic E-state index is 12.1. The Morgan fingerprint density at radius 1 is 0.818 bits per heavy atom. The minimum absolute atomic E-state index is 0.0604. The van der Waals surface area contributed by atoms with Gasteiger partial charge in [-0.05, 0) is 24.6 Å². The summed E-state index contributed by atoms with van der Waals surface area (Å²) in [6, 6.07) is 2.44. The second kappa shape index (κ2) is 3.70. The van der Waals surface area contributed by atoms with Crippen LogP contribution in [0.4, 0.5) is 0 Å². The van der Waals surface area contributed by atoms with Crippen molar-refractivity contribution in [1.29, 1.82) is 0 Å². The van der Waals surface area contributed by atoms with E-state index >= 15 is 0 Å². The maximum Gasteiger partial charge on any atom is 0.344 e. The molecule has 0 saturated heterocycles. The van der Waals surface area contributed by atoms with E-state index in [2.05, 4.69) is 0 Å². The van der Waals surface area contributed by atoms with E-state index in [9.17, 15) is 24.9 Å². The topological polar surface area (TPSA) is 121 Å². The third-order valence-corrected chi connectivity index (χ3v) is 3.76. The van der Waals surface area contributed by atoms with Crippen LogP contribution in [0.1, 0.15) is 5.56 Å². The maximum atomic E-state index is 12.1. The second-order valence-corrected chi connectivity index (χ2v) is 5.07. The molecule has 110 valence electrons. The van der Waals surface area contributed by atoms with Crippen LogP contribution >= 0.6 is 0 Å². The monoisotopic (exact) mass is 300 g/mol. The average Bonchev–Trinajstić information content (AvgIpc) is 2.47. The number of hydrogen-bond donors (Lipinski definition) is 3. The average molecular weight is 300 g/mol. The smallest absolute Gasteiger partial charge is 0.344 e. The van der Waals surface area contributed by atoms with Gasteiger partial charge in [-0.1, -0.05) is 0 Å². The van der Waals surface area contributed by atoms with Gasteiger partial charge < -0.3 is 24.2 Å². The first kappa shape index (κ1) is 12.5. The minimum atomic E-state index is -0.830. The van der Waals surface area contributed by atoms with E-state index < -0.39 is 22.8 Å². The summed E-state index contributed by atoms with van der Waals surface area (Å²) in [5.74, 6) is -1.54. The highest BCUT2D eigenvalue weighted by molar-refractivity contribution is 6.21. The number of rotatable bonds is 0. The zero-order chi connectivity index (χ0) is 15.8. The van der Waals surface area contributed by atoms with E-state index in [4.69, 9.17) is 8.83 Å². The van der Waals surface area contributed by atoms with Crippen molar-refractivity contribution in [2.24, 2.45) is 0 Å². The summed E-state index contributed by atoms with van der Waals surface area (Å²) in [4.78, 5) is 24.2. The van der Waals surface area contributed by atoms with Gasteiger partial charge in [0, 0.05) is 10.8 Å². The summed E-state index contributed by atoms with van der Waals surface area (Å²) in [7, 11) is 0. The van der Waals surface area contributed by atoms with Crippen molar-refractivity contribution in [3.8, 4) is 17.2 Å². The van der Waals surface area contributed by atoms with E-state index in [1.54, 1.807) is 6.92 Å². The van der Waals surface area contributed by atoms with Crippen LogP contribution in [0.15, 0.2) is 30.6 Å². The molecule has 0 saturated carbocycles. The van der Waals surface area contributed by atoms with Gasteiger partial charge in [0.05, 0.1) is 10.8 Å². The van der Waals surface area contributed by atoms with Crippen LogP contribution in [0.3, 0.4) is 0 Å². The predicted octanol–water partition coefficient (Wildman–Crippen LogP) is 1.92. The summed E-state index contributed by atoms with van der Waals surface area (Å²) >= 11 is 0. The molecule has 22 heavy (non-hydrogen) atoms. The van der Waals surface area contributed by atoms with Crippen LogP contribution in [0.2, 0.25) is 0 Å². The van der Waals surface area contributed by atoms with Crippen molar-refractivity contribution in [3.05, 3.63) is 38.5 Å². The van der Waals surface area contributed by atoms with Gasteiger partial charge in [-0.15, -0.1) is 0 Å². The Morgan fingerprint density at radius 3 is 1.91 bits per heavy atom. The van der Waals surface area contributed by atoms with Gasteiger partial charge in [0.25, 0.3) is 0 Å². The van der Waals surface area contributed by atoms with Gasteiger partial charge in [-0.25, -0.2) is 9.59 Å². The largest absolute Gasteiger partial charge is 0.504 e. The highest BCUT2D eigenvalue weighted by atomic mass is 16.4. The van der Waals surface area contributed by atoms with Crippen molar-refractivity contribution in [2.45, 2.75) is 6.92 Å². The fraction of sp³-hybridized carbons (Fsp3) is 0.0667. The molecule has 2 aromatic heterocycles. The molecule has 0 amide bonds. The van der Waals surface area contributed by atoms with E-state index in [0.29, 0.717) is 5.56 Å². The molecule has 0 bridgehead atoms. The Balaban J connectivity index is 2.55. The number of aryl methyl sites for hydroxylation is 1. The van der Waals surface area contributed by atoms with Gasteiger partial charge in [-0.2, -0.15) is 0 Å². The van der Waals surface area contributed by atoms with Crippen LogP contribution in [0.25, 0.3) is 32.7 Å². The molecule has 0 spiro atoms. The van der Waals surface area contributed by atoms with Gasteiger partial charge in [0.15, 0.2) is 22.7 Å². The molecule has 2 aromatic carbocycles. The van der Waals surface area contributed by atoms with Crippen molar-refractivity contribution < 1.29 is 24.2 Å². The quantitative estimate of drug-likeness (QED) is 0.257. The molecular formula is C15H8O7. The van der Waals surface area contributed by atoms with E-state index in [1.807, 2.05) is 0 Å². The third kappa shape index (κ3) is 1.30. The zero-order valence-corrected chi connectivity index (χ0v) is 11.1. The van der Waals surface area contributed by atoms with Crippen molar-refractivity contribution >= 4 is 32.7 Å². The lowest BCUT2D eigenvalue weighted by molar-refractivity contribution is 0.398. The zero-order valence-electron chi connectivity index (χ0n) is 11.1. The van der Waals surface area contributed by atoms with Crippen LogP contribution in [0.5, 0.6) is 17.2 Å². The SMILES string of the molecule is Cc1cc2c(=O)oc3c(O)c(O)cc4c(=O)oc(c1O)c2c34. The molecule has 0 radical (unpaired) electrons.